The summed E-state index contributed by atoms with van der Waals surface area (Å²) in [5.74, 6) is 0.430. The number of hydrogen-bond acceptors (Lipinski definition) is 1. The zero-order chi connectivity index (χ0) is 9.42. The second-order valence-electron chi connectivity index (χ2n) is 3.73. The van der Waals surface area contributed by atoms with E-state index in [4.69, 9.17) is 0 Å². The summed E-state index contributed by atoms with van der Waals surface area (Å²) in [6.45, 7) is 4.14. The molecule has 1 nitrogen and oxygen atoms in total. The van der Waals surface area contributed by atoms with Crippen LogP contribution in [-0.2, 0) is 0 Å². The highest BCUT2D eigenvalue weighted by Crippen LogP contribution is 2.35. The van der Waals surface area contributed by atoms with Gasteiger partial charge in [0.05, 0.1) is 0 Å². The maximum Gasteiger partial charge on any atom is 0.100 e. The third-order valence-electron chi connectivity index (χ3n) is 2.73. The Hall–Kier alpha value is -1.08. The monoisotopic (exact) mass is 174 g/mol. The molecule has 1 aromatic rings. The van der Waals surface area contributed by atoms with Gasteiger partial charge < -0.3 is 5.11 Å². The second kappa shape index (κ2) is 3.00. The van der Waals surface area contributed by atoms with Crippen LogP contribution in [0.3, 0.4) is 0 Å². The van der Waals surface area contributed by atoms with Crippen molar-refractivity contribution in [3.8, 4) is 0 Å². The van der Waals surface area contributed by atoms with E-state index in [1.807, 2.05) is 25.1 Å². The van der Waals surface area contributed by atoms with Gasteiger partial charge in [-0.15, -0.1) is 0 Å². The van der Waals surface area contributed by atoms with Gasteiger partial charge in [0.2, 0.25) is 0 Å². The van der Waals surface area contributed by atoms with E-state index in [1.165, 1.54) is 5.56 Å². The zero-order valence-electron chi connectivity index (χ0n) is 7.99. The quantitative estimate of drug-likeness (QED) is 0.600. The molecule has 0 spiro atoms. The lowest BCUT2D eigenvalue weighted by molar-refractivity contribution is 0.211. The number of hydrogen-bond donors (Lipinski definition) is 1. The van der Waals surface area contributed by atoms with Crippen LogP contribution in [0.4, 0.5) is 0 Å². The minimum Gasteiger partial charge on any atom is -0.384 e. The molecule has 2 atom stereocenters. The van der Waals surface area contributed by atoms with E-state index in [9.17, 15) is 5.11 Å². The zero-order valence-corrected chi connectivity index (χ0v) is 7.99. The van der Waals surface area contributed by atoms with E-state index in [-0.39, 0.29) is 0 Å². The predicted octanol–water partition coefficient (Wildman–Crippen LogP) is 2.78. The number of rotatable bonds is 0. The van der Waals surface area contributed by atoms with Gasteiger partial charge in [0, 0.05) is 0 Å². The molecule has 1 aromatic carbocycles. The Kier molecular flexibility index (Phi) is 1.97. The first-order valence-corrected chi connectivity index (χ1v) is 4.65. The Morgan fingerprint density at radius 3 is 2.46 bits per heavy atom. The Labute approximate surface area is 78.7 Å². The van der Waals surface area contributed by atoms with Crippen molar-refractivity contribution in [3.63, 3.8) is 0 Å². The Morgan fingerprint density at radius 2 is 1.77 bits per heavy atom. The van der Waals surface area contributed by atoms with Crippen molar-refractivity contribution >= 4 is 0 Å². The summed E-state index contributed by atoms with van der Waals surface area (Å²) < 4.78 is 0. The van der Waals surface area contributed by atoms with Crippen molar-refractivity contribution < 1.29 is 5.11 Å². The maximum absolute atomic E-state index is 9.88. The second-order valence-corrected chi connectivity index (χ2v) is 3.73. The van der Waals surface area contributed by atoms with E-state index < -0.39 is 6.10 Å². The Balaban J connectivity index is 2.55. The highest BCUT2D eigenvalue weighted by atomic mass is 16.3. The van der Waals surface area contributed by atoms with Crippen molar-refractivity contribution in [3.05, 3.63) is 47.0 Å². The molecule has 2 rings (SSSR count). The molecule has 0 radical (unpaired) electrons. The summed E-state index contributed by atoms with van der Waals surface area (Å²) in [6, 6.07) is 8.10. The molecule has 0 aliphatic heterocycles. The van der Waals surface area contributed by atoms with Crippen molar-refractivity contribution in [2.45, 2.75) is 25.9 Å². The lowest BCUT2D eigenvalue weighted by atomic mass is 9.84. The van der Waals surface area contributed by atoms with Crippen LogP contribution in [-0.4, -0.2) is 5.11 Å². The molecule has 13 heavy (non-hydrogen) atoms. The van der Waals surface area contributed by atoms with Crippen LogP contribution in [0, 0.1) is 0 Å². The normalized spacial score (nSPS) is 26.5. The van der Waals surface area contributed by atoms with Gasteiger partial charge in [-0.2, -0.15) is 0 Å². The average Bonchev–Trinajstić information content (AvgIpc) is 2.15. The molecule has 1 aliphatic carbocycles. The molecule has 2 unspecified atom stereocenters. The number of aliphatic hydroxyl groups is 1. The van der Waals surface area contributed by atoms with Crippen LogP contribution in [0.15, 0.2) is 35.9 Å². The Morgan fingerprint density at radius 1 is 1.15 bits per heavy atom. The lowest BCUT2D eigenvalue weighted by Crippen LogP contribution is -2.10. The van der Waals surface area contributed by atoms with E-state index in [1.54, 1.807) is 0 Å². The first-order chi connectivity index (χ1) is 6.20. The largest absolute Gasteiger partial charge is 0.384 e. The third-order valence-corrected chi connectivity index (χ3v) is 2.73. The number of aliphatic hydroxyl groups excluding tert-OH is 1. The highest BCUT2D eigenvalue weighted by molar-refractivity contribution is 5.42. The van der Waals surface area contributed by atoms with Gasteiger partial charge in [0.1, 0.15) is 6.10 Å². The fraction of sp³-hybridized carbons (Fsp3) is 0.333. The molecular formula is C12H14O. The van der Waals surface area contributed by atoms with E-state index in [0.717, 1.165) is 11.1 Å². The molecule has 1 aliphatic rings. The topological polar surface area (TPSA) is 20.2 Å². The van der Waals surface area contributed by atoms with Gasteiger partial charge in [0.25, 0.3) is 0 Å². The molecule has 0 heterocycles. The fourth-order valence-corrected chi connectivity index (χ4v) is 2.00. The first-order valence-electron chi connectivity index (χ1n) is 4.65. The summed E-state index contributed by atoms with van der Waals surface area (Å²) in [7, 11) is 0. The van der Waals surface area contributed by atoms with Gasteiger partial charge >= 0.3 is 0 Å². The van der Waals surface area contributed by atoms with Crippen LogP contribution in [0.1, 0.15) is 37.0 Å². The molecule has 68 valence electrons. The third kappa shape index (κ3) is 1.29. The summed E-state index contributed by atoms with van der Waals surface area (Å²) >= 11 is 0. The van der Waals surface area contributed by atoms with Crippen molar-refractivity contribution in [1.29, 1.82) is 0 Å². The average molecular weight is 174 g/mol. The fourth-order valence-electron chi connectivity index (χ4n) is 2.00. The summed E-state index contributed by atoms with van der Waals surface area (Å²) in [5.41, 5.74) is 3.38. The summed E-state index contributed by atoms with van der Waals surface area (Å²) in [6.07, 6.45) is 1.74. The van der Waals surface area contributed by atoms with Gasteiger partial charge in [0.15, 0.2) is 0 Å². The summed E-state index contributed by atoms with van der Waals surface area (Å²) in [4.78, 5) is 0. The van der Waals surface area contributed by atoms with Gasteiger partial charge in [-0.1, -0.05) is 37.3 Å². The summed E-state index contributed by atoms with van der Waals surface area (Å²) in [5, 5.41) is 9.88. The van der Waals surface area contributed by atoms with Crippen molar-refractivity contribution in [2.75, 3.05) is 0 Å². The van der Waals surface area contributed by atoms with E-state index >= 15 is 0 Å². The van der Waals surface area contributed by atoms with Gasteiger partial charge in [-0.25, -0.2) is 0 Å². The first kappa shape index (κ1) is 8.52. The van der Waals surface area contributed by atoms with Crippen molar-refractivity contribution in [1.82, 2.24) is 0 Å². The maximum atomic E-state index is 9.88. The molecule has 0 fully saturated rings. The van der Waals surface area contributed by atoms with E-state index in [0.29, 0.717) is 5.92 Å². The molecule has 1 N–H and O–H groups in total. The van der Waals surface area contributed by atoms with Crippen molar-refractivity contribution in [2.24, 2.45) is 0 Å². The van der Waals surface area contributed by atoms with Crippen LogP contribution < -0.4 is 0 Å². The van der Waals surface area contributed by atoms with Crippen LogP contribution in [0.2, 0.25) is 0 Å². The van der Waals surface area contributed by atoms with Gasteiger partial charge in [-0.05, 0) is 29.5 Å². The molecule has 0 saturated heterocycles. The number of benzene rings is 1. The lowest BCUT2D eigenvalue weighted by Gasteiger charge is -2.24. The molecule has 0 amide bonds. The standard InChI is InChI=1S/C12H14O/c1-8-7-9(2)12(13)11-6-4-3-5-10(8)11/h3-8,12-13H,1-2H3. The minimum atomic E-state index is -0.396. The Bertz CT molecular complexity index is 352. The molecule has 0 aromatic heterocycles. The smallest absolute Gasteiger partial charge is 0.100 e. The molecular weight excluding hydrogens is 160 g/mol. The van der Waals surface area contributed by atoms with Crippen LogP contribution in [0.25, 0.3) is 0 Å². The highest BCUT2D eigenvalue weighted by Gasteiger charge is 2.21. The molecule has 0 saturated carbocycles. The number of fused-ring (bicyclic) bond motifs is 1. The van der Waals surface area contributed by atoms with E-state index in [2.05, 4.69) is 19.1 Å². The molecule has 1 heteroatoms. The minimum absolute atomic E-state index is 0.396. The van der Waals surface area contributed by atoms with Crippen LogP contribution >= 0.6 is 0 Å². The van der Waals surface area contributed by atoms with Gasteiger partial charge in [-0.3, -0.25) is 0 Å². The molecule has 0 bridgehead atoms. The number of allylic oxidation sites excluding steroid dienone is 1. The predicted molar refractivity (Wildman–Crippen MR) is 53.6 cm³/mol. The SMILES string of the molecule is CC1=CC(C)c2ccccc2C1O. The van der Waals surface area contributed by atoms with Crippen LogP contribution in [0.5, 0.6) is 0 Å².